The smallest absolute Gasteiger partial charge is 0.207 e. The Bertz CT molecular complexity index is 496. The van der Waals surface area contributed by atoms with Gasteiger partial charge in [0.1, 0.15) is 0 Å². The van der Waals surface area contributed by atoms with Gasteiger partial charge in [0, 0.05) is 0 Å². The summed E-state index contributed by atoms with van der Waals surface area (Å²) in [5.41, 5.74) is 1.13. The van der Waals surface area contributed by atoms with Gasteiger partial charge in [0.15, 0.2) is 5.69 Å². The third kappa shape index (κ3) is 2.54. The van der Waals surface area contributed by atoms with Crippen molar-refractivity contribution in [1.82, 2.24) is 20.6 Å². The van der Waals surface area contributed by atoms with E-state index in [4.69, 9.17) is 0 Å². The van der Waals surface area contributed by atoms with E-state index in [1.807, 2.05) is 30.3 Å². The normalized spacial score (nSPS) is 10.5. The molecule has 2 rings (SSSR count). The average Bonchev–Trinajstić information content (AvgIpc) is 2.38. The molecule has 0 spiro atoms. The lowest BCUT2D eigenvalue weighted by Crippen LogP contribution is -2.02. The Hall–Kier alpha value is -2.43. The zero-order valence-corrected chi connectivity index (χ0v) is 8.32. The number of nitrogens with zero attached hydrogens (tertiary/aromatic N) is 4. The monoisotopic (exact) mass is 212 g/mol. The second kappa shape index (κ2) is 4.88. The number of ketones is 1. The first-order valence-electron chi connectivity index (χ1n) is 4.65. The topological polar surface area (TPSA) is 68.6 Å². The van der Waals surface area contributed by atoms with Crippen LogP contribution >= 0.6 is 0 Å². The van der Waals surface area contributed by atoms with Gasteiger partial charge in [-0.25, -0.2) is 0 Å². The maximum Gasteiger partial charge on any atom is 0.207 e. The third-order valence-electron chi connectivity index (χ3n) is 1.90. The van der Waals surface area contributed by atoms with Gasteiger partial charge in [-0.2, -0.15) is 0 Å². The molecule has 0 saturated heterocycles. The van der Waals surface area contributed by atoms with Gasteiger partial charge >= 0.3 is 0 Å². The number of hydrogen-bond acceptors (Lipinski definition) is 5. The Morgan fingerprint density at radius 1 is 1.12 bits per heavy atom. The molecule has 0 radical (unpaired) electrons. The molecule has 0 fully saturated rings. The summed E-state index contributed by atoms with van der Waals surface area (Å²) in [5.74, 6) is -0.244. The van der Waals surface area contributed by atoms with Gasteiger partial charge in [-0.15, -0.1) is 10.2 Å². The van der Waals surface area contributed by atoms with Crippen molar-refractivity contribution in [2.45, 2.75) is 0 Å². The van der Waals surface area contributed by atoms with Crippen molar-refractivity contribution in [3.05, 3.63) is 53.9 Å². The van der Waals surface area contributed by atoms with Gasteiger partial charge in [0.05, 0.1) is 6.20 Å². The molecule has 0 amide bonds. The molecular weight excluding hydrogens is 204 g/mol. The van der Waals surface area contributed by atoms with Crippen molar-refractivity contribution in [3.63, 3.8) is 0 Å². The third-order valence-corrected chi connectivity index (χ3v) is 1.90. The Kier molecular flexibility index (Phi) is 3.08. The minimum absolute atomic E-state index is 0.183. The number of allylic oxidation sites excluding steroid dienone is 1. The lowest BCUT2D eigenvalue weighted by Gasteiger charge is -1.91. The molecule has 16 heavy (non-hydrogen) atoms. The minimum atomic E-state index is -0.244. The zero-order valence-electron chi connectivity index (χ0n) is 8.32. The van der Waals surface area contributed by atoms with Gasteiger partial charge in [-0.1, -0.05) is 36.4 Å². The molecule has 2 aromatic rings. The standard InChI is InChI=1S/C11H8N4O/c16-11(10-8-12-14-15-13-10)7-6-9-4-2-1-3-5-9/h1-8H. The summed E-state index contributed by atoms with van der Waals surface area (Å²) >= 11 is 0. The molecule has 0 unspecified atom stereocenters. The average molecular weight is 212 g/mol. The Morgan fingerprint density at radius 2 is 1.94 bits per heavy atom. The molecule has 5 heteroatoms. The number of hydrogen-bond donors (Lipinski definition) is 0. The predicted molar refractivity (Wildman–Crippen MR) is 57.4 cm³/mol. The highest BCUT2D eigenvalue weighted by molar-refractivity contribution is 6.05. The van der Waals surface area contributed by atoms with Gasteiger partial charge in [0.25, 0.3) is 0 Å². The van der Waals surface area contributed by atoms with E-state index in [0.29, 0.717) is 0 Å². The molecule has 1 aromatic heterocycles. The molecule has 0 saturated carbocycles. The fourth-order valence-electron chi connectivity index (χ4n) is 1.13. The van der Waals surface area contributed by atoms with Crippen molar-refractivity contribution in [1.29, 1.82) is 0 Å². The maximum absolute atomic E-state index is 11.6. The summed E-state index contributed by atoms with van der Waals surface area (Å²) in [4.78, 5) is 11.6. The first-order chi connectivity index (χ1) is 7.86. The van der Waals surface area contributed by atoms with E-state index in [0.717, 1.165) is 5.56 Å². The van der Waals surface area contributed by atoms with Crippen LogP contribution in [0.2, 0.25) is 0 Å². The quantitative estimate of drug-likeness (QED) is 0.564. The summed E-state index contributed by atoms with van der Waals surface area (Å²) in [6, 6.07) is 9.52. The lowest BCUT2D eigenvalue weighted by atomic mass is 10.2. The molecule has 78 valence electrons. The van der Waals surface area contributed by atoms with E-state index in [-0.39, 0.29) is 11.5 Å². The van der Waals surface area contributed by atoms with Gasteiger partial charge in [0.2, 0.25) is 5.78 Å². The molecule has 0 aliphatic rings. The maximum atomic E-state index is 11.6. The van der Waals surface area contributed by atoms with Gasteiger partial charge in [-0.05, 0) is 22.1 Å². The van der Waals surface area contributed by atoms with E-state index in [1.165, 1.54) is 12.3 Å². The predicted octanol–water partition coefficient (Wildman–Crippen LogP) is 1.16. The van der Waals surface area contributed by atoms with Crippen LogP contribution in [0.15, 0.2) is 42.6 Å². The van der Waals surface area contributed by atoms with Crippen LogP contribution in [-0.2, 0) is 0 Å². The van der Waals surface area contributed by atoms with Crippen LogP contribution in [-0.4, -0.2) is 26.4 Å². The summed E-state index contributed by atoms with van der Waals surface area (Å²) in [6.45, 7) is 0. The second-order valence-corrected chi connectivity index (χ2v) is 3.02. The van der Waals surface area contributed by atoms with Gasteiger partial charge < -0.3 is 0 Å². The Balaban J connectivity index is 2.12. The first kappa shape index (κ1) is 10.1. The van der Waals surface area contributed by atoms with Crippen LogP contribution in [0.25, 0.3) is 6.08 Å². The van der Waals surface area contributed by atoms with E-state index in [1.54, 1.807) is 6.08 Å². The van der Waals surface area contributed by atoms with E-state index in [9.17, 15) is 4.79 Å². The van der Waals surface area contributed by atoms with E-state index in [2.05, 4.69) is 20.6 Å². The second-order valence-electron chi connectivity index (χ2n) is 3.02. The number of aromatic nitrogens is 4. The molecule has 5 nitrogen and oxygen atoms in total. The van der Waals surface area contributed by atoms with Crippen LogP contribution in [0.3, 0.4) is 0 Å². The molecule has 0 N–H and O–H groups in total. The largest absolute Gasteiger partial charge is 0.287 e. The van der Waals surface area contributed by atoms with Crippen molar-refractivity contribution < 1.29 is 4.79 Å². The fourth-order valence-corrected chi connectivity index (χ4v) is 1.13. The van der Waals surface area contributed by atoms with Gasteiger partial charge in [-0.3, -0.25) is 4.79 Å². The SMILES string of the molecule is O=C(C=Cc1ccccc1)c1cnnnn1. The number of benzene rings is 1. The highest BCUT2D eigenvalue weighted by atomic mass is 16.1. The minimum Gasteiger partial charge on any atom is -0.287 e. The van der Waals surface area contributed by atoms with E-state index < -0.39 is 0 Å². The Morgan fingerprint density at radius 3 is 2.62 bits per heavy atom. The number of carbonyl (C=O) groups is 1. The summed E-state index contributed by atoms with van der Waals surface area (Å²) in [7, 11) is 0. The lowest BCUT2D eigenvalue weighted by molar-refractivity contribution is 0.104. The summed E-state index contributed by atoms with van der Waals surface area (Å²) < 4.78 is 0. The fraction of sp³-hybridized carbons (Fsp3) is 0. The van der Waals surface area contributed by atoms with Crippen LogP contribution < -0.4 is 0 Å². The molecule has 0 aliphatic heterocycles. The van der Waals surface area contributed by atoms with Crippen LogP contribution in [0.4, 0.5) is 0 Å². The number of carbonyl (C=O) groups excluding carboxylic acids is 1. The van der Waals surface area contributed by atoms with Crippen molar-refractivity contribution in [3.8, 4) is 0 Å². The van der Waals surface area contributed by atoms with Crippen molar-refractivity contribution in [2.75, 3.05) is 0 Å². The van der Waals surface area contributed by atoms with Crippen LogP contribution in [0, 0.1) is 0 Å². The highest BCUT2D eigenvalue weighted by Crippen LogP contribution is 2.02. The molecule has 1 heterocycles. The van der Waals surface area contributed by atoms with Crippen molar-refractivity contribution in [2.24, 2.45) is 0 Å². The van der Waals surface area contributed by atoms with Crippen LogP contribution in [0.1, 0.15) is 16.1 Å². The van der Waals surface area contributed by atoms with Crippen LogP contribution in [0.5, 0.6) is 0 Å². The molecule has 0 aliphatic carbocycles. The summed E-state index contributed by atoms with van der Waals surface area (Å²) in [6.07, 6.45) is 4.43. The molecule has 0 bridgehead atoms. The van der Waals surface area contributed by atoms with Crippen molar-refractivity contribution >= 4 is 11.9 Å². The highest BCUT2D eigenvalue weighted by Gasteiger charge is 2.03. The summed E-state index contributed by atoms with van der Waals surface area (Å²) in [5, 5.41) is 13.6. The first-order valence-corrected chi connectivity index (χ1v) is 4.65. The number of rotatable bonds is 3. The molecular formula is C11H8N4O. The zero-order chi connectivity index (χ0) is 11.2. The van der Waals surface area contributed by atoms with E-state index >= 15 is 0 Å². The molecule has 0 atom stereocenters. The Labute approximate surface area is 91.8 Å². The molecule has 1 aromatic carbocycles.